The van der Waals surface area contributed by atoms with Crippen LogP contribution < -0.4 is 0 Å². The van der Waals surface area contributed by atoms with Crippen LogP contribution >= 0.6 is 0 Å². The second-order valence-corrected chi connectivity index (χ2v) is 7.46. The van der Waals surface area contributed by atoms with E-state index in [0.29, 0.717) is 18.9 Å². The summed E-state index contributed by atoms with van der Waals surface area (Å²) in [4.78, 5) is 2.21. The van der Waals surface area contributed by atoms with E-state index in [1.807, 2.05) is 36.4 Å². The summed E-state index contributed by atoms with van der Waals surface area (Å²) in [5, 5.41) is 11.5. The average molecular weight is 348 g/mol. The Hall–Kier alpha value is -2.08. The van der Waals surface area contributed by atoms with Crippen LogP contribution in [0.15, 0.2) is 60.7 Å². The summed E-state index contributed by atoms with van der Waals surface area (Å²) < 4.78 is 0. The van der Waals surface area contributed by atoms with E-state index in [0.717, 1.165) is 24.9 Å². The molecule has 1 fully saturated rings. The monoisotopic (exact) mass is 347 g/mol. The van der Waals surface area contributed by atoms with Crippen molar-refractivity contribution < 1.29 is 5.11 Å². The minimum absolute atomic E-state index is 0.321. The molecule has 1 aliphatic carbocycles. The lowest BCUT2D eigenvalue weighted by atomic mass is 9.78. The fourth-order valence-corrected chi connectivity index (χ4v) is 3.95. The molecule has 0 aliphatic heterocycles. The van der Waals surface area contributed by atoms with Crippen molar-refractivity contribution in [3.63, 3.8) is 0 Å². The van der Waals surface area contributed by atoms with Gasteiger partial charge in [-0.2, -0.15) is 0 Å². The zero-order valence-corrected chi connectivity index (χ0v) is 15.7. The molecule has 26 heavy (non-hydrogen) atoms. The Balaban J connectivity index is 1.62. The fraction of sp³-hybridized carbons (Fsp3) is 0.417. The predicted molar refractivity (Wildman–Crippen MR) is 107 cm³/mol. The van der Waals surface area contributed by atoms with Crippen LogP contribution in [0, 0.1) is 17.8 Å². The van der Waals surface area contributed by atoms with Crippen molar-refractivity contribution in [3.8, 4) is 11.8 Å². The van der Waals surface area contributed by atoms with E-state index in [2.05, 4.69) is 48.1 Å². The molecule has 0 radical (unpaired) electrons. The third kappa shape index (κ3) is 4.75. The highest BCUT2D eigenvalue weighted by molar-refractivity contribution is 5.26. The standard InChI is InChI=1S/C24H29NO/c1-25(20-21-12-4-2-5-13-21)19-11-10-18-24(26,23-16-8-9-17-23)22-14-6-3-7-15-22/h2-7,12-15,23,26H,8-9,16-20H2,1H3/t24-/m0/s1. The van der Waals surface area contributed by atoms with Gasteiger partial charge in [-0.05, 0) is 36.9 Å². The molecule has 2 aromatic carbocycles. The molecule has 2 nitrogen and oxygen atoms in total. The van der Waals surface area contributed by atoms with E-state index in [9.17, 15) is 5.11 Å². The van der Waals surface area contributed by atoms with Crippen LogP contribution in [0.25, 0.3) is 0 Å². The lowest BCUT2D eigenvalue weighted by Gasteiger charge is -2.33. The minimum atomic E-state index is -0.817. The summed E-state index contributed by atoms with van der Waals surface area (Å²) in [5.41, 5.74) is 1.49. The van der Waals surface area contributed by atoms with Gasteiger partial charge in [-0.3, -0.25) is 4.90 Å². The van der Waals surface area contributed by atoms with E-state index < -0.39 is 5.60 Å². The van der Waals surface area contributed by atoms with Crippen molar-refractivity contribution in [1.82, 2.24) is 4.90 Å². The second kappa shape index (κ2) is 9.03. The SMILES string of the molecule is CN(CC#CC[C@](O)(c1ccccc1)C1CCCC1)Cc1ccccc1. The molecule has 3 rings (SSSR count). The third-order valence-corrected chi connectivity index (χ3v) is 5.43. The minimum Gasteiger partial charge on any atom is -0.384 e. The van der Waals surface area contributed by atoms with Crippen molar-refractivity contribution >= 4 is 0 Å². The first-order valence-electron chi connectivity index (χ1n) is 9.64. The van der Waals surface area contributed by atoms with Gasteiger partial charge in [0, 0.05) is 13.0 Å². The highest BCUT2D eigenvalue weighted by Crippen LogP contribution is 2.42. The van der Waals surface area contributed by atoms with E-state index >= 15 is 0 Å². The Morgan fingerprint density at radius 2 is 1.58 bits per heavy atom. The highest BCUT2D eigenvalue weighted by Gasteiger charge is 2.39. The maximum Gasteiger partial charge on any atom is 0.103 e. The number of hydrogen-bond acceptors (Lipinski definition) is 2. The molecule has 0 spiro atoms. The molecule has 136 valence electrons. The molecular weight excluding hydrogens is 318 g/mol. The normalized spacial score (nSPS) is 16.9. The quantitative estimate of drug-likeness (QED) is 0.773. The van der Waals surface area contributed by atoms with E-state index in [-0.39, 0.29) is 0 Å². The molecule has 0 saturated heterocycles. The first-order chi connectivity index (χ1) is 12.7. The van der Waals surface area contributed by atoms with E-state index in [4.69, 9.17) is 0 Å². The van der Waals surface area contributed by atoms with E-state index in [1.165, 1.54) is 18.4 Å². The molecule has 1 saturated carbocycles. The number of aliphatic hydroxyl groups is 1. The average Bonchev–Trinajstić information content (AvgIpc) is 3.22. The summed E-state index contributed by atoms with van der Waals surface area (Å²) in [6, 6.07) is 20.6. The maximum absolute atomic E-state index is 11.5. The Labute approximate surface area is 157 Å². The Kier molecular flexibility index (Phi) is 6.50. The molecule has 2 heteroatoms. The van der Waals surface area contributed by atoms with Gasteiger partial charge in [-0.15, -0.1) is 0 Å². The molecule has 0 heterocycles. The topological polar surface area (TPSA) is 23.5 Å². The van der Waals surface area contributed by atoms with Crippen molar-refractivity contribution in [2.24, 2.45) is 5.92 Å². The third-order valence-electron chi connectivity index (χ3n) is 5.43. The van der Waals surface area contributed by atoms with Gasteiger partial charge < -0.3 is 5.11 Å². The van der Waals surface area contributed by atoms with Crippen LogP contribution in [-0.2, 0) is 12.1 Å². The van der Waals surface area contributed by atoms with Gasteiger partial charge in [-0.25, -0.2) is 0 Å². The van der Waals surface area contributed by atoms with E-state index in [1.54, 1.807) is 0 Å². The lowest BCUT2D eigenvalue weighted by molar-refractivity contribution is -0.0173. The number of rotatable bonds is 6. The highest BCUT2D eigenvalue weighted by atomic mass is 16.3. The first-order valence-corrected chi connectivity index (χ1v) is 9.64. The molecule has 1 atom stereocenters. The Morgan fingerprint density at radius 3 is 2.23 bits per heavy atom. The van der Waals surface area contributed by atoms with Gasteiger partial charge in [0.2, 0.25) is 0 Å². The van der Waals surface area contributed by atoms with Crippen LogP contribution in [0.2, 0.25) is 0 Å². The molecule has 1 N–H and O–H groups in total. The maximum atomic E-state index is 11.5. The van der Waals surface area contributed by atoms with Gasteiger partial charge in [0.05, 0.1) is 6.54 Å². The molecule has 0 aromatic heterocycles. The van der Waals surface area contributed by atoms with Crippen LogP contribution in [-0.4, -0.2) is 23.6 Å². The molecule has 1 aliphatic rings. The van der Waals surface area contributed by atoms with Gasteiger partial charge in [-0.1, -0.05) is 85.3 Å². The van der Waals surface area contributed by atoms with Crippen LogP contribution in [0.5, 0.6) is 0 Å². The zero-order chi connectivity index (χ0) is 18.2. The summed E-state index contributed by atoms with van der Waals surface area (Å²) in [6.45, 7) is 1.60. The lowest BCUT2D eigenvalue weighted by Crippen LogP contribution is -2.33. The number of benzene rings is 2. The molecular formula is C24H29NO. The molecule has 0 unspecified atom stereocenters. The summed E-state index contributed by atoms with van der Waals surface area (Å²) in [6.07, 6.45) is 5.14. The summed E-state index contributed by atoms with van der Waals surface area (Å²) >= 11 is 0. The van der Waals surface area contributed by atoms with Crippen LogP contribution in [0.4, 0.5) is 0 Å². The predicted octanol–water partition coefficient (Wildman–Crippen LogP) is 4.59. The van der Waals surface area contributed by atoms with Crippen LogP contribution in [0.3, 0.4) is 0 Å². The zero-order valence-electron chi connectivity index (χ0n) is 15.7. The first kappa shape index (κ1) is 18.7. The Bertz CT molecular complexity index is 725. The molecule has 0 bridgehead atoms. The smallest absolute Gasteiger partial charge is 0.103 e. The summed E-state index contributed by atoms with van der Waals surface area (Å²) in [7, 11) is 2.09. The van der Waals surface area contributed by atoms with Crippen molar-refractivity contribution in [3.05, 3.63) is 71.8 Å². The van der Waals surface area contributed by atoms with Crippen LogP contribution in [0.1, 0.15) is 43.2 Å². The largest absolute Gasteiger partial charge is 0.384 e. The fourth-order valence-electron chi connectivity index (χ4n) is 3.95. The van der Waals surface area contributed by atoms with Crippen molar-refractivity contribution in [2.45, 2.75) is 44.2 Å². The Morgan fingerprint density at radius 1 is 0.962 bits per heavy atom. The van der Waals surface area contributed by atoms with Gasteiger partial charge in [0.15, 0.2) is 0 Å². The molecule has 2 aromatic rings. The van der Waals surface area contributed by atoms with Gasteiger partial charge >= 0.3 is 0 Å². The number of nitrogens with zero attached hydrogens (tertiary/aromatic N) is 1. The summed E-state index contributed by atoms with van der Waals surface area (Å²) in [5.74, 6) is 6.87. The van der Waals surface area contributed by atoms with Gasteiger partial charge in [0.25, 0.3) is 0 Å². The van der Waals surface area contributed by atoms with Crippen molar-refractivity contribution in [1.29, 1.82) is 0 Å². The van der Waals surface area contributed by atoms with Crippen molar-refractivity contribution in [2.75, 3.05) is 13.6 Å². The molecule has 0 amide bonds. The van der Waals surface area contributed by atoms with Gasteiger partial charge in [0.1, 0.15) is 5.60 Å². The number of hydrogen-bond donors (Lipinski definition) is 1. The second-order valence-electron chi connectivity index (χ2n) is 7.46.